The van der Waals surface area contributed by atoms with Crippen LogP contribution in [0.1, 0.15) is 26.7 Å². The average Bonchev–Trinajstić information content (AvgIpc) is 2.12. The van der Waals surface area contributed by atoms with Gasteiger partial charge >= 0.3 is 0 Å². The van der Waals surface area contributed by atoms with Crippen LogP contribution in [0.25, 0.3) is 0 Å². The Morgan fingerprint density at radius 2 is 2.23 bits per heavy atom. The average molecular weight is 195 g/mol. The van der Waals surface area contributed by atoms with Crippen molar-refractivity contribution in [2.75, 3.05) is 0 Å². The van der Waals surface area contributed by atoms with Crippen LogP contribution in [0.2, 0.25) is 0 Å². The highest BCUT2D eigenvalue weighted by atomic mass is 35.5. The number of hydrogen-bond acceptors (Lipinski definition) is 0. The summed E-state index contributed by atoms with van der Waals surface area (Å²) >= 11 is 6.05. The van der Waals surface area contributed by atoms with Gasteiger partial charge in [0.25, 0.3) is 0 Å². The molecule has 0 heterocycles. The Bertz CT molecular complexity index is 307. The Hall–Kier alpha value is -0.490. The molecule has 0 radical (unpaired) electrons. The van der Waals surface area contributed by atoms with Crippen LogP contribution in [0.5, 0.6) is 0 Å². The normalized spacial score (nSPS) is 33.0. The lowest BCUT2D eigenvalue weighted by Gasteiger charge is -2.31. The molecule has 0 saturated carbocycles. The molecule has 0 fully saturated rings. The minimum absolute atomic E-state index is 0.680. The third kappa shape index (κ3) is 1.60. The van der Waals surface area contributed by atoms with Gasteiger partial charge in [-0.2, -0.15) is 0 Å². The topological polar surface area (TPSA) is 0 Å². The Labute approximate surface area is 85.0 Å². The lowest BCUT2D eigenvalue weighted by molar-refractivity contribution is 0.444. The molecule has 0 aliphatic heterocycles. The van der Waals surface area contributed by atoms with E-state index >= 15 is 0 Å². The zero-order valence-electron chi connectivity index (χ0n) is 8.18. The number of hydrogen-bond donors (Lipinski definition) is 0. The summed E-state index contributed by atoms with van der Waals surface area (Å²) in [6.07, 6.45) is 8.98. The van der Waals surface area contributed by atoms with Crippen LogP contribution >= 0.6 is 11.6 Å². The largest absolute Gasteiger partial charge is 0.0891 e. The molecule has 0 aromatic heterocycles. The van der Waals surface area contributed by atoms with E-state index in [0.717, 1.165) is 11.5 Å². The Morgan fingerprint density at radius 1 is 1.46 bits per heavy atom. The molecule has 2 atom stereocenters. The minimum Gasteiger partial charge on any atom is -0.0891 e. The van der Waals surface area contributed by atoms with Gasteiger partial charge in [0.05, 0.1) is 0 Å². The van der Waals surface area contributed by atoms with Gasteiger partial charge in [-0.25, -0.2) is 0 Å². The smallest absolute Gasteiger partial charge is 0.0184 e. The fourth-order valence-electron chi connectivity index (χ4n) is 2.28. The summed E-state index contributed by atoms with van der Waals surface area (Å²) in [5.41, 5.74) is 2.85. The van der Waals surface area contributed by atoms with Crippen molar-refractivity contribution in [3.05, 3.63) is 34.4 Å². The lowest BCUT2D eigenvalue weighted by atomic mass is 9.75. The van der Waals surface area contributed by atoms with E-state index in [4.69, 9.17) is 11.6 Å². The molecule has 0 bridgehead atoms. The van der Waals surface area contributed by atoms with Gasteiger partial charge in [-0.05, 0) is 48.8 Å². The van der Waals surface area contributed by atoms with Crippen molar-refractivity contribution in [3.8, 4) is 0 Å². The van der Waals surface area contributed by atoms with Crippen LogP contribution in [-0.2, 0) is 0 Å². The van der Waals surface area contributed by atoms with Crippen LogP contribution in [0.3, 0.4) is 0 Å². The first kappa shape index (κ1) is 9.08. The lowest BCUT2D eigenvalue weighted by Crippen LogP contribution is -2.18. The predicted molar refractivity (Wildman–Crippen MR) is 57.7 cm³/mol. The summed E-state index contributed by atoms with van der Waals surface area (Å²) in [6.45, 7) is 4.47. The van der Waals surface area contributed by atoms with Crippen molar-refractivity contribution >= 4 is 11.6 Å². The highest BCUT2D eigenvalue weighted by Gasteiger charge is 2.25. The van der Waals surface area contributed by atoms with Crippen LogP contribution in [0.4, 0.5) is 0 Å². The van der Waals surface area contributed by atoms with Gasteiger partial charge < -0.3 is 0 Å². The molecule has 0 aromatic rings. The summed E-state index contributed by atoms with van der Waals surface area (Å²) in [5, 5.41) is 1.02. The molecule has 2 rings (SSSR count). The maximum absolute atomic E-state index is 6.05. The number of rotatable bonds is 0. The van der Waals surface area contributed by atoms with Gasteiger partial charge in [0, 0.05) is 5.03 Å². The molecule has 0 nitrogen and oxygen atoms in total. The second-order valence-electron chi connectivity index (χ2n) is 4.09. The van der Waals surface area contributed by atoms with Gasteiger partial charge in [0.1, 0.15) is 0 Å². The van der Waals surface area contributed by atoms with Crippen molar-refractivity contribution in [1.82, 2.24) is 0 Å². The van der Waals surface area contributed by atoms with Gasteiger partial charge in [0.15, 0.2) is 0 Å². The van der Waals surface area contributed by atoms with E-state index in [1.54, 1.807) is 0 Å². The molecule has 0 spiro atoms. The van der Waals surface area contributed by atoms with Gasteiger partial charge in [-0.3, -0.25) is 0 Å². The van der Waals surface area contributed by atoms with Crippen molar-refractivity contribution < 1.29 is 0 Å². The highest BCUT2D eigenvalue weighted by Crippen LogP contribution is 2.39. The van der Waals surface area contributed by atoms with E-state index in [1.807, 2.05) is 0 Å². The minimum atomic E-state index is 0.680. The Kier molecular flexibility index (Phi) is 2.33. The monoisotopic (exact) mass is 194 g/mol. The molecule has 2 aliphatic rings. The van der Waals surface area contributed by atoms with Crippen LogP contribution < -0.4 is 0 Å². The highest BCUT2D eigenvalue weighted by molar-refractivity contribution is 6.29. The molecule has 13 heavy (non-hydrogen) atoms. The molecule has 0 aromatic carbocycles. The van der Waals surface area contributed by atoms with Crippen molar-refractivity contribution in [2.24, 2.45) is 11.8 Å². The maximum Gasteiger partial charge on any atom is 0.0184 e. The van der Waals surface area contributed by atoms with E-state index in [2.05, 4.69) is 32.1 Å². The summed E-state index contributed by atoms with van der Waals surface area (Å²) in [5.74, 6) is 1.40. The summed E-state index contributed by atoms with van der Waals surface area (Å²) < 4.78 is 0. The molecule has 0 saturated heterocycles. The Balaban J connectivity index is 2.41. The van der Waals surface area contributed by atoms with Crippen molar-refractivity contribution in [3.63, 3.8) is 0 Å². The number of halogens is 1. The molecular formula is C12H15Cl. The fraction of sp³-hybridized carbons (Fsp3) is 0.500. The standard InChI is InChI=1S/C12H15Cl/c1-8-3-4-9(2)12-7-10(13)5-6-11(8)12/h3-4,7-8,11H,5-6H2,1-2H3. The molecule has 0 amide bonds. The van der Waals surface area contributed by atoms with Gasteiger partial charge in [0.2, 0.25) is 0 Å². The SMILES string of the molecule is CC1=C2C=C(Cl)CCC2C(C)C=C1. The van der Waals surface area contributed by atoms with E-state index < -0.39 is 0 Å². The predicted octanol–water partition coefficient (Wildman–Crippen LogP) is 4.04. The first-order chi connectivity index (χ1) is 6.18. The molecular weight excluding hydrogens is 180 g/mol. The quantitative estimate of drug-likeness (QED) is 0.546. The van der Waals surface area contributed by atoms with Gasteiger partial charge in [-0.1, -0.05) is 30.7 Å². The molecule has 2 unspecified atom stereocenters. The Morgan fingerprint density at radius 3 is 3.00 bits per heavy atom. The summed E-state index contributed by atoms with van der Waals surface area (Å²) in [7, 11) is 0. The molecule has 2 aliphatic carbocycles. The van der Waals surface area contributed by atoms with E-state index in [-0.39, 0.29) is 0 Å². The maximum atomic E-state index is 6.05. The van der Waals surface area contributed by atoms with Crippen LogP contribution in [-0.4, -0.2) is 0 Å². The van der Waals surface area contributed by atoms with Crippen molar-refractivity contribution in [2.45, 2.75) is 26.7 Å². The van der Waals surface area contributed by atoms with E-state index in [1.165, 1.54) is 17.6 Å². The van der Waals surface area contributed by atoms with E-state index in [9.17, 15) is 0 Å². The number of allylic oxidation sites excluding steroid dienone is 6. The molecule has 1 heteroatoms. The third-order valence-corrected chi connectivity index (χ3v) is 3.44. The fourth-order valence-corrected chi connectivity index (χ4v) is 2.50. The zero-order chi connectivity index (χ0) is 9.42. The second kappa shape index (κ2) is 3.34. The zero-order valence-corrected chi connectivity index (χ0v) is 8.93. The first-order valence-electron chi connectivity index (χ1n) is 4.93. The summed E-state index contributed by atoms with van der Waals surface area (Å²) in [6, 6.07) is 0. The first-order valence-corrected chi connectivity index (χ1v) is 5.31. The van der Waals surface area contributed by atoms with E-state index in [0.29, 0.717) is 11.8 Å². The summed E-state index contributed by atoms with van der Waals surface area (Å²) in [4.78, 5) is 0. The second-order valence-corrected chi connectivity index (χ2v) is 4.58. The van der Waals surface area contributed by atoms with Crippen LogP contribution in [0.15, 0.2) is 34.4 Å². The number of fused-ring (bicyclic) bond motifs is 1. The van der Waals surface area contributed by atoms with Crippen LogP contribution in [0, 0.1) is 11.8 Å². The third-order valence-electron chi connectivity index (χ3n) is 3.15. The van der Waals surface area contributed by atoms with Crippen molar-refractivity contribution in [1.29, 1.82) is 0 Å². The molecule has 0 N–H and O–H groups in total. The molecule has 70 valence electrons. The van der Waals surface area contributed by atoms with Gasteiger partial charge in [-0.15, -0.1) is 0 Å².